The summed E-state index contributed by atoms with van der Waals surface area (Å²) in [7, 11) is -3.69. The van der Waals surface area contributed by atoms with Crippen LogP contribution < -0.4 is 4.72 Å². The lowest BCUT2D eigenvalue weighted by molar-refractivity contribution is -0.132. The SMILES string of the molecule is O=C(CCCOCCc1ccccc1)N1CCC(NS(=O)(=O)c2ccc(F)cc2)CC1. The first-order chi connectivity index (χ1) is 14.9. The molecule has 1 saturated heterocycles. The molecule has 6 nitrogen and oxygen atoms in total. The Hall–Kier alpha value is -2.29. The Morgan fingerprint density at radius 2 is 1.71 bits per heavy atom. The Bertz CT molecular complexity index is 928. The molecule has 2 aromatic rings. The second-order valence-corrected chi connectivity index (χ2v) is 9.40. The number of amides is 1. The molecule has 0 radical (unpaired) electrons. The summed E-state index contributed by atoms with van der Waals surface area (Å²) in [5.74, 6) is -0.404. The van der Waals surface area contributed by atoms with Crippen LogP contribution in [0.15, 0.2) is 59.5 Å². The Kier molecular flexibility index (Phi) is 8.57. The molecule has 0 bridgehead atoms. The van der Waals surface area contributed by atoms with Crippen LogP contribution in [0.25, 0.3) is 0 Å². The maximum atomic E-state index is 13.0. The number of likely N-dealkylation sites (tertiary alicyclic amines) is 1. The highest BCUT2D eigenvalue weighted by Gasteiger charge is 2.26. The van der Waals surface area contributed by atoms with Crippen molar-refractivity contribution in [1.29, 1.82) is 0 Å². The monoisotopic (exact) mass is 448 g/mol. The van der Waals surface area contributed by atoms with Crippen molar-refractivity contribution in [2.45, 2.75) is 43.0 Å². The summed E-state index contributed by atoms with van der Waals surface area (Å²) in [4.78, 5) is 14.2. The molecular weight excluding hydrogens is 419 g/mol. The van der Waals surface area contributed by atoms with E-state index in [0.29, 0.717) is 52.0 Å². The predicted molar refractivity (Wildman–Crippen MR) is 117 cm³/mol. The van der Waals surface area contributed by atoms with Crippen LogP contribution in [-0.2, 0) is 26.0 Å². The predicted octanol–water partition coefficient (Wildman–Crippen LogP) is 3.13. The van der Waals surface area contributed by atoms with E-state index in [0.717, 1.165) is 18.6 Å². The molecule has 0 saturated carbocycles. The number of hydrogen-bond acceptors (Lipinski definition) is 4. The molecule has 1 aliphatic rings. The highest BCUT2D eigenvalue weighted by atomic mass is 32.2. The van der Waals surface area contributed by atoms with Gasteiger partial charge in [-0.3, -0.25) is 4.79 Å². The molecule has 3 rings (SSSR count). The summed E-state index contributed by atoms with van der Waals surface area (Å²) in [6.45, 7) is 2.22. The first-order valence-corrected chi connectivity index (χ1v) is 12.1. The number of hydrogen-bond donors (Lipinski definition) is 1. The molecule has 0 spiro atoms. The van der Waals surface area contributed by atoms with Crippen LogP contribution in [0.1, 0.15) is 31.2 Å². The topological polar surface area (TPSA) is 75.7 Å². The lowest BCUT2D eigenvalue weighted by Gasteiger charge is -2.32. The smallest absolute Gasteiger partial charge is 0.240 e. The maximum absolute atomic E-state index is 13.0. The van der Waals surface area contributed by atoms with E-state index in [-0.39, 0.29) is 16.8 Å². The van der Waals surface area contributed by atoms with Crippen molar-refractivity contribution in [3.05, 3.63) is 66.0 Å². The zero-order chi connectivity index (χ0) is 22.1. The van der Waals surface area contributed by atoms with Crippen molar-refractivity contribution in [2.24, 2.45) is 0 Å². The van der Waals surface area contributed by atoms with Crippen LogP contribution in [-0.4, -0.2) is 51.6 Å². The number of nitrogens with zero attached hydrogens (tertiary/aromatic N) is 1. The minimum Gasteiger partial charge on any atom is -0.381 e. The van der Waals surface area contributed by atoms with Gasteiger partial charge in [-0.05, 0) is 55.5 Å². The molecule has 1 fully saturated rings. The molecule has 1 amide bonds. The third kappa shape index (κ3) is 7.41. The van der Waals surface area contributed by atoms with E-state index in [4.69, 9.17) is 4.74 Å². The number of benzene rings is 2. The number of carbonyl (C=O) groups excluding carboxylic acids is 1. The molecule has 0 aromatic heterocycles. The summed E-state index contributed by atoms with van der Waals surface area (Å²) < 4.78 is 46.1. The summed E-state index contributed by atoms with van der Waals surface area (Å²) in [5.41, 5.74) is 1.23. The van der Waals surface area contributed by atoms with E-state index in [9.17, 15) is 17.6 Å². The van der Waals surface area contributed by atoms with E-state index in [1.54, 1.807) is 4.90 Å². The van der Waals surface area contributed by atoms with Gasteiger partial charge in [-0.15, -0.1) is 0 Å². The fraction of sp³-hybridized carbons (Fsp3) is 0.435. The van der Waals surface area contributed by atoms with Crippen molar-refractivity contribution in [3.8, 4) is 0 Å². The molecular formula is C23H29FN2O4S. The highest BCUT2D eigenvalue weighted by molar-refractivity contribution is 7.89. The molecule has 0 aliphatic carbocycles. The molecule has 1 aliphatic heterocycles. The molecule has 2 aromatic carbocycles. The first kappa shape index (κ1) is 23.4. The number of halogens is 1. The fourth-order valence-corrected chi connectivity index (χ4v) is 4.87. The number of ether oxygens (including phenoxy) is 1. The Labute approximate surface area is 183 Å². The van der Waals surface area contributed by atoms with E-state index < -0.39 is 15.8 Å². The van der Waals surface area contributed by atoms with Gasteiger partial charge in [0.05, 0.1) is 11.5 Å². The Morgan fingerprint density at radius 1 is 1.03 bits per heavy atom. The van der Waals surface area contributed by atoms with Gasteiger partial charge in [0, 0.05) is 32.2 Å². The van der Waals surface area contributed by atoms with Crippen molar-refractivity contribution < 1.29 is 22.3 Å². The van der Waals surface area contributed by atoms with Crippen LogP contribution in [0.3, 0.4) is 0 Å². The number of nitrogens with one attached hydrogen (secondary N) is 1. The van der Waals surface area contributed by atoms with Crippen LogP contribution in [0.4, 0.5) is 4.39 Å². The lowest BCUT2D eigenvalue weighted by atomic mass is 10.1. The van der Waals surface area contributed by atoms with E-state index >= 15 is 0 Å². The third-order valence-corrected chi connectivity index (χ3v) is 6.89. The molecule has 1 heterocycles. The van der Waals surface area contributed by atoms with Crippen LogP contribution >= 0.6 is 0 Å². The van der Waals surface area contributed by atoms with Crippen molar-refractivity contribution in [2.75, 3.05) is 26.3 Å². The average molecular weight is 449 g/mol. The minimum atomic E-state index is -3.69. The van der Waals surface area contributed by atoms with Crippen LogP contribution in [0, 0.1) is 5.82 Å². The largest absolute Gasteiger partial charge is 0.381 e. The summed E-state index contributed by atoms with van der Waals surface area (Å²) in [6, 6.07) is 14.6. The molecule has 8 heteroatoms. The van der Waals surface area contributed by atoms with Gasteiger partial charge in [0.1, 0.15) is 5.82 Å². The Morgan fingerprint density at radius 3 is 2.39 bits per heavy atom. The summed E-state index contributed by atoms with van der Waals surface area (Å²) in [6.07, 6.45) is 3.07. The minimum absolute atomic E-state index is 0.0414. The molecule has 31 heavy (non-hydrogen) atoms. The molecule has 0 unspecified atom stereocenters. The van der Waals surface area contributed by atoms with E-state index in [1.165, 1.54) is 17.7 Å². The molecule has 168 valence electrons. The van der Waals surface area contributed by atoms with Crippen LogP contribution in [0.5, 0.6) is 0 Å². The number of piperidine rings is 1. The summed E-state index contributed by atoms with van der Waals surface area (Å²) in [5, 5.41) is 0. The van der Waals surface area contributed by atoms with Crippen LogP contribution in [0.2, 0.25) is 0 Å². The van der Waals surface area contributed by atoms with Gasteiger partial charge in [0.25, 0.3) is 0 Å². The maximum Gasteiger partial charge on any atom is 0.240 e. The van der Waals surface area contributed by atoms with E-state index in [1.807, 2.05) is 18.2 Å². The Balaban J connectivity index is 1.31. The van der Waals surface area contributed by atoms with Gasteiger partial charge in [-0.25, -0.2) is 17.5 Å². The number of carbonyl (C=O) groups is 1. The standard InChI is InChI=1S/C23H29FN2O4S/c24-20-8-10-22(11-9-20)31(28,29)25-21-12-15-26(16-13-21)23(27)7-4-17-30-18-14-19-5-2-1-3-6-19/h1-3,5-6,8-11,21,25H,4,7,12-18H2. The molecule has 0 atom stereocenters. The van der Waals surface area contributed by atoms with Crippen molar-refractivity contribution in [3.63, 3.8) is 0 Å². The van der Waals surface area contributed by atoms with Gasteiger partial charge in [-0.1, -0.05) is 30.3 Å². The summed E-state index contributed by atoms with van der Waals surface area (Å²) >= 11 is 0. The van der Waals surface area contributed by atoms with Gasteiger partial charge in [0.2, 0.25) is 15.9 Å². The highest BCUT2D eigenvalue weighted by Crippen LogP contribution is 2.16. The van der Waals surface area contributed by atoms with Gasteiger partial charge in [-0.2, -0.15) is 0 Å². The number of rotatable bonds is 10. The molecule has 1 N–H and O–H groups in total. The fourth-order valence-electron chi connectivity index (χ4n) is 3.57. The number of sulfonamides is 1. The van der Waals surface area contributed by atoms with Gasteiger partial charge < -0.3 is 9.64 Å². The first-order valence-electron chi connectivity index (χ1n) is 10.6. The zero-order valence-corrected chi connectivity index (χ0v) is 18.3. The lowest BCUT2D eigenvalue weighted by Crippen LogP contribution is -2.46. The van der Waals surface area contributed by atoms with Gasteiger partial charge >= 0.3 is 0 Å². The second kappa shape index (κ2) is 11.4. The average Bonchev–Trinajstić information content (AvgIpc) is 2.77. The van der Waals surface area contributed by atoms with Gasteiger partial charge in [0.15, 0.2) is 0 Å². The van der Waals surface area contributed by atoms with Crippen molar-refractivity contribution >= 4 is 15.9 Å². The zero-order valence-electron chi connectivity index (χ0n) is 17.5. The normalized spacial score (nSPS) is 15.2. The van der Waals surface area contributed by atoms with Crippen molar-refractivity contribution in [1.82, 2.24) is 9.62 Å². The third-order valence-electron chi connectivity index (χ3n) is 5.35. The second-order valence-electron chi connectivity index (χ2n) is 7.68. The van der Waals surface area contributed by atoms with E-state index in [2.05, 4.69) is 16.9 Å². The quantitative estimate of drug-likeness (QED) is 0.567.